The van der Waals surface area contributed by atoms with Crippen LogP contribution in [-0.4, -0.2) is 22.9 Å². The summed E-state index contributed by atoms with van der Waals surface area (Å²) in [6, 6.07) is 0. The largest absolute Gasteiger partial charge is 0.392 e. The molecule has 0 aromatic carbocycles. The van der Waals surface area contributed by atoms with Crippen molar-refractivity contribution in [1.82, 2.24) is 0 Å². The van der Waals surface area contributed by atoms with E-state index in [0.29, 0.717) is 0 Å². The molecule has 0 fully saturated rings. The summed E-state index contributed by atoms with van der Waals surface area (Å²) in [4.78, 5) is 0. The Labute approximate surface area is 55.8 Å². The Bertz CT molecular complexity index is 86.9. The van der Waals surface area contributed by atoms with Crippen LogP contribution in [-0.2, 0) is 0 Å². The molecule has 0 rings (SSSR count). The number of hydrogen-bond acceptors (Lipinski definition) is 2. The Morgan fingerprint density at radius 3 is 2.33 bits per heavy atom. The van der Waals surface area contributed by atoms with Crippen LogP contribution in [0.15, 0.2) is 12.2 Å². The van der Waals surface area contributed by atoms with Crippen molar-refractivity contribution in [1.29, 1.82) is 0 Å². The van der Waals surface area contributed by atoms with Crippen molar-refractivity contribution < 1.29 is 10.2 Å². The molecule has 0 aliphatic rings. The predicted molar refractivity (Wildman–Crippen MR) is 37.1 cm³/mol. The van der Waals surface area contributed by atoms with Gasteiger partial charge in [0.2, 0.25) is 0 Å². The molecule has 2 heteroatoms. The fraction of sp³-hybridized carbons (Fsp3) is 0.714. The number of rotatable bonds is 3. The van der Waals surface area contributed by atoms with Crippen molar-refractivity contribution in [2.24, 2.45) is 5.92 Å². The fourth-order valence-corrected chi connectivity index (χ4v) is 0.423. The topological polar surface area (TPSA) is 40.5 Å². The molecular weight excluding hydrogens is 116 g/mol. The lowest BCUT2D eigenvalue weighted by atomic mass is 10.1. The van der Waals surface area contributed by atoms with Crippen LogP contribution in [0, 0.1) is 5.92 Å². The van der Waals surface area contributed by atoms with Crippen LogP contribution < -0.4 is 0 Å². The molecule has 0 saturated heterocycles. The van der Waals surface area contributed by atoms with Crippen molar-refractivity contribution in [2.75, 3.05) is 6.61 Å². The molecule has 0 aromatic heterocycles. The van der Waals surface area contributed by atoms with Gasteiger partial charge in [0.1, 0.15) is 0 Å². The van der Waals surface area contributed by atoms with Crippen molar-refractivity contribution in [3.8, 4) is 0 Å². The Hall–Kier alpha value is -0.340. The van der Waals surface area contributed by atoms with Gasteiger partial charge in [-0.05, 0) is 5.92 Å². The van der Waals surface area contributed by atoms with Gasteiger partial charge in [-0.3, -0.25) is 0 Å². The molecule has 0 spiro atoms. The molecule has 0 aromatic rings. The third-order valence-electron chi connectivity index (χ3n) is 1.12. The summed E-state index contributed by atoms with van der Waals surface area (Å²) in [6.45, 7) is 3.85. The van der Waals surface area contributed by atoms with E-state index in [-0.39, 0.29) is 12.5 Å². The maximum absolute atomic E-state index is 9.06. The highest BCUT2D eigenvalue weighted by molar-refractivity contribution is 4.89. The molecular formula is C7H14O2. The highest BCUT2D eigenvalue weighted by Crippen LogP contribution is 2.00. The van der Waals surface area contributed by atoms with E-state index in [2.05, 4.69) is 0 Å². The summed E-state index contributed by atoms with van der Waals surface area (Å²) in [5.41, 5.74) is 0. The zero-order chi connectivity index (χ0) is 7.28. The predicted octanol–water partition coefficient (Wildman–Crippen LogP) is 0.552. The van der Waals surface area contributed by atoms with Gasteiger partial charge in [0, 0.05) is 0 Å². The molecule has 0 amide bonds. The van der Waals surface area contributed by atoms with Gasteiger partial charge in [-0.15, -0.1) is 0 Å². The maximum Gasteiger partial charge on any atom is 0.0744 e. The van der Waals surface area contributed by atoms with E-state index in [1.54, 1.807) is 12.2 Å². The molecule has 0 saturated carbocycles. The number of aliphatic hydroxyl groups excluding tert-OH is 2. The highest BCUT2D eigenvalue weighted by Gasteiger charge is 2.02. The second kappa shape index (κ2) is 4.53. The van der Waals surface area contributed by atoms with Crippen LogP contribution in [0.3, 0.4) is 0 Å². The first kappa shape index (κ1) is 8.66. The summed E-state index contributed by atoms with van der Waals surface area (Å²) in [7, 11) is 0. The minimum Gasteiger partial charge on any atom is -0.392 e. The molecule has 0 heterocycles. The molecule has 1 atom stereocenters. The van der Waals surface area contributed by atoms with E-state index in [1.165, 1.54) is 0 Å². The molecule has 0 aliphatic carbocycles. The maximum atomic E-state index is 9.06. The van der Waals surface area contributed by atoms with Gasteiger partial charge in [-0.25, -0.2) is 0 Å². The van der Waals surface area contributed by atoms with E-state index < -0.39 is 6.10 Å². The molecule has 9 heavy (non-hydrogen) atoms. The summed E-state index contributed by atoms with van der Waals surface area (Å²) in [5.74, 6) is 0.229. The summed E-state index contributed by atoms with van der Waals surface area (Å²) < 4.78 is 0. The standard InChI is InChI=1S/C7H14O2/c1-6(2)7(9)4-3-5-8/h3-4,6-9H,5H2,1-2H3/b4-3-. The summed E-state index contributed by atoms with van der Waals surface area (Å²) in [6.07, 6.45) is 2.73. The van der Waals surface area contributed by atoms with Crippen LogP contribution in [0.1, 0.15) is 13.8 Å². The second-order valence-electron chi connectivity index (χ2n) is 2.35. The van der Waals surface area contributed by atoms with Gasteiger partial charge in [0.05, 0.1) is 12.7 Å². The Kier molecular flexibility index (Phi) is 4.36. The highest BCUT2D eigenvalue weighted by atomic mass is 16.3. The van der Waals surface area contributed by atoms with Gasteiger partial charge >= 0.3 is 0 Å². The number of hydrogen-bond donors (Lipinski definition) is 2. The lowest BCUT2D eigenvalue weighted by Gasteiger charge is -2.07. The van der Waals surface area contributed by atoms with Crippen LogP contribution >= 0.6 is 0 Å². The fourth-order valence-electron chi connectivity index (χ4n) is 0.423. The van der Waals surface area contributed by atoms with E-state index >= 15 is 0 Å². The Morgan fingerprint density at radius 2 is 2.00 bits per heavy atom. The van der Waals surface area contributed by atoms with Crippen LogP contribution in [0.2, 0.25) is 0 Å². The zero-order valence-corrected chi connectivity index (χ0v) is 5.91. The SMILES string of the molecule is CC(C)C(O)/C=C\CO. The first-order chi connectivity index (χ1) is 4.18. The van der Waals surface area contributed by atoms with Crippen LogP contribution in [0.5, 0.6) is 0 Å². The minimum atomic E-state index is -0.419. The first-order valence-corrected chi connectivity index (χ1v) is 3.14. The minimum absolute atomic E-state index is 0.00375. The van der Waals surface area contributed by atoms with Crippen LogP contribution in [0.25, 0.3) is 0 Å². The van der Waals surface area contributed by atoms with E-state index in [1.807, 2.05) is 13.8 Å². The van der Waals surface area contributed by atoms with Crippen LogP contribution in [0.4, 0.5) is 0 Å². The monoisotopic (exact) mass is 130 g/mol. The van der Waals surface area contributed by atoms with Crippen molar-refractivity contribution >= 4 is 0 Å². The Balaban J connectivity index is 3.48. The molecule has 0 bridgehead atoms. The average Bonchev–Trinajstić information content (AvgIpc) is 1.82. The van der Waals surface area contributed by atoms with Crippen molar-refractivity contribution in [3.05, 3.63) is 12.2 Å². The average molecular weight is 130 g/mol. The second-order valence-corrected chi connectivity index (χ2v) is 2.35. The third-order valence-corrected chi connectivity index (χ3v) is 1.12. The van der Waals surface area contributed by atoms with Gasteiger partial charge in [-0.1, -0.05) is 26.0 Å². The first-order valence-electron chi connectivity index (χ1n) is 3.14. The van der Waals surface area contributed by atoms with E-state index in [0.717, 1.165) is 0 Å². The summed E-state index contributed by atoms with van der Waals surface area (Å²) in [5, 5.41) is 17.4. The Morgan fingerprint density at radius 1 is 1.44 bits per heavy atom. The molecule has 2 N–H and O–H groups in total. The zero-order valence-electron chi connectivity index (χ0n) is 5.91. The smallest absolute Gasteiger partial charge is 0.0744 e. The molecule has 2 nitrogen and oxygen atoms in total. The van der Waals surface area contributed by atoms with Crippen molar-refractivity contribution in [2.45, 2.75) is 20.0 Å². The third kappa shape index (κ3) is 4.18. The van der Waals surface area contributed by atoms with Gasteiger partial charge in [0.15, 0.2) is 0 Å². The molecule has 54 valence electrons. The lowest BCUT2D eigenvalue weighted by molar-refractivity contribution is 0.171. The van der Waals surface area contributed by atoms with Gasteiger partial charge < -0.3 is 10.2 Å². The molecule has 0 radical (unpaired) electrons. The van der Waals surface area contributed by atoms with Crippen molar-refractivity contribution in [3.63, 3.8) is 0 Å². The normalized spacial score (nSPS) is 15.2. The molecule has 1 unspecified atom stereocenters. The number of aliphatic hydroxyl groups is 2. The van der Waals surface area contributed by atoms with E-state index in [9.17, 15) is 0 Å². The molecule has 0 aliphatic heterocycles. The lowest BCUT2D eigenvalue weighted by Crippen LogP contribution is -2.10. The summed E-state index contributed by atoms with van der Waals surface area (Å²) >= 11 is 0. The van der Waals surface area contributed by atoms with Gasteiger partial charge in [0.25, 0.3) is 0 Å². The quantitative estimate of drug-likeness (QED) is 0.548. The van der Waals surface area contributed by atoms with E-state index in [4.69, 9.17) is 10.2 Å². The van der Waals surface area contributed by atoms with Gasteiger partial charge in [-0.2, -0.15) is 0 Å².